The van der Waals surface area contributed by atoms with Crippen LogP contribution in [-0.4, -0.2) is 35.7 Å². The van der Waals surface area contributed by atoms with Crippen molar-refractivity contribution in [1.82, 2.24) is 0 Å². The fourth-order valence-corrected chi connectivity index (χ4v) is 4.51. The Bertz CT molecular complexity index is 1080. The van der Waals surface area contributed by atoms with Gasteiger partial charge in [0, 0.05) is 18.2 Å². The average Bonchev–Trinajstić information content (AvgIpc) is 2.79. The van der Waals surface area contributed by atoms with Crippen LogP contribution in [0.2, 0.25) is 0 Å². The molecular formula is C26H31NO5S. The third kappa shape index (κ3) is 5.03. The van der Waals surface area contributed by atoms with Crippen molar-refractivity contribution in [1.29, 1.82) is 0 Å². The van der Waals surface area contributed by atoms with Gasteiger partial charge in [0.05, 0.1) is 6.61 Å². The maximum absolute atomic E-state index is 12.4. The summed E-state index contributed by atoms with van der Waals surface area (Å²) in [6, 6.07) is 9.55. The van der Waals surface area contributed by atoms with E-state index in [0.717, 1.165) is 33.7 Å². The minimum absolute atomic E-state index is 0.00488. The van der Waals surface area contributed by atoms with Crippen molar-refractivity contribution in [2.75, 3.05) is 18.1 Å². The van der Waals surface area contributed by atoms with Gasteiger partial charge in [-0.05, 0) is 76.3 Å². The first-order valence-corrected chi connectivity index (χ1v) is 11.5. The first-order valence-electron chi connectivity index (χ1n) is 11.1. The van der Waals surface area contributed by atoms with Crippen LogP contribution in [0.25, 0.3) is 0 Å². The molecule has 1 atom stereocenters. The Morgan fingerprint density at radius 2 is 1.79 bits per heavy atom. The van der Waals surface area contributed by atoms with Crippen molar-refractivity contribution < 1.29 is 23.8 Å². The van der Waals surface area contributed by atoms with Gasteiger partial charge in [-0.25, -0.2) is 0 Å². The Morgan fingerprint density at radius 1 is 1.12 bits per heavy atom. The van der Waals surface area contributed by atoms with E-state index in [1.165, 1.54) is 6.92 Å². The summed E-state index contributed by atoms with van der Waals surface area (Å²) in [4.78, 5) is 26.3. The van der Waals surface area contributed by atoms with E-state index in [9.17, 15) is 9.59 Å². The van der Waals surface area contributed by atoms with E-state index in [1.807, 2.05) is 58.0 Å². The molecule has 0 saturated heterocycles. The van der Waals surface area contributed by atoms with Gasteiger partial charge < -0.3 is 19.1 Å². The van der Waals surface area contributed by atoms with Gasteiger partial charge in [-0.2, -0.15) is 0 Å². The number of benzene rings is 2. The van der Waals surface area contributed by atoms with Crippen LogP contribution in [0, 0.1) is 20.8 Å². The van der Waals surface area contributed by atoms with Gasteiger partial charge in [-0.15, -0.1) is 0 Å². The highest BCUT2D eigenvalue weighted by Crippen LogP contribution is 2.44. The van der Waals surface area contributed by atoms with Crippen molar-refractivity contribution in [2.45, 2.75) is 60.0 Å². The number of fused-ring (bicyclic) bond motifs is 1. The highest BCUT2D eigenvalue weighted by atomic mass is 32.1. The molecule has 0 amide bonds. The summed E-state index contributed by atoms with van der Waals surface area (Å²) in [6.45, 7) is 11.3. The third-order valence-electron chi connectivity index (χ3n) is 6.09. The van der Waals surface area contributed by atoms with Crippen LogP contribution in [0.15, 0.2) is 30.3 Å². The number of ether oxygens (including phenoxy) is 3. The van der Waals surface area contributed by atoms with Gasteiger partial charge in [0.1, 0.15) is 23.0 Å². The summed E-state index contributed by atoms with van der Waals surface area (Å²) in [7, 11) is 0. The summed E-state index contributed by atoms with van der Waals surface area (Å²) in [5, 5.41) is 0. The molecule has 0 spiro atoms. The van der Waals surface area contributed by atoms with E-state index >= 15 is 0 Å². The first-order chi connectivity index (χ1) is 15.6. The molecule has 176 valence electrons. The number of para-hydroxylation sites is 1. The van der Waals surface area contributed by atoms with Gasteiger partial charge in [0.15, 0.2) is 5.60 Å². The number of rotatable bonds is 6. The third-order valence-corrected chi connectivity index (χ3v) is 6.75. The molecule has 0 aromatic heterocycles. The van der Waals surface area contributed by atoms with E-state index in [-0.39, 0.29) is 18.5 Å². The molecule has 1 aliphatic rings. The topological polar surface area (TPSA) is 65.1 Å². The molecule has 0 radical (unpaired) electrons. The number of hydrogen-bond acceptors (Lipinski definition) is 6. The smallest absolute Gasteiger partial charge is 0.325 e. The van der Waals surface area contributed by atoms with Crippen LogP contribution in [0.1, 0.15) is 49.4 Å². The number of hydrogen-bond donors (Lipinski definition) is 0. The first kappa shape index (κ1) is 24.7. The van der Waals surface area contributed by atoms with Gasteiger partial charge in [-0.3, -0.25) is 9.59 Å². The van der Waals surface area contributed by atoms with E-state index in [1.54, 1.807) is 11.8 Å². The molecule has 0 N–H and O–H groups in total. The molecule has 7 heteroatoms. The van der Waals surface area contributed by atoms with Crippen LogP contribution in [0.4, 0.5) is 5.69 Å². The zero-order chi connectivity index (χ0) is 24.3. The van der Waals surface area contributed by atoms with Crippen molar-refractivity contribution in [3.8, 4) is 11.5 Å². The molecule has 1 aliphatic heterocycles. The summed E-state index contributed by atoms with van der Waals surface area (Å²) < 4.78 is 17.3. The van der Waals surface area contributed by atoms with Crippen LogP contribution >= 0.6 is 12.2 Å². The van der Waals surface area contributed by atoms with Crippen molar-refractivity contribution in [3.05, 3.63) is 52.6 Å². The van der Waals surface area contributed by atoms with Gasteiger partial charge in [0.25, 0.3) is 0 Å². The number of anilines is 1. The molecule has 0 bridgehead atoms. The lowest BCUT2D eigenvalue weighted by Gasteiger charge is -2.41. The Kier molecular flexibility index (Phi) is 7.42. The Balaban J connectivity index is 1.99. The molecule has 0 saturated carbocycles. The molecule has 0 aliphatic carbocycles. The zero-order valence-corrected chi connectivity index (χ0v) is 20.9. The van der Waals surface area contributed by atoms with E-state index < -0.39 is 5.60 Å². The van der Waals surface area contributed by atoms with Crippen LogP contribution < -0.4 is 14.4 Å². The molecular weight excluding hydrogens is 438 g/mol. The van der Waals surface area contributed by atoms with Crippen LogP contribution in [-0.2, 0) is 20.7 Å². The Labute approximate surface area is 200 Å². The van der Waals surface area contributed by atoms with Crippen molar-refractivity contribution >= 4 is 34.8 Å². The minimum atomic E-state index is -0.808. The number of carbonyl (C=O) groups is 2. The molecule has 6 nitrogen and oxygen atoms in total. The van der Waals surface area contributed by atoms with E-state index in [0.29, 0.717) is 30.2 Å². The fourth-order valence-electron chi connectivity index (χ4n) is 4.19. The lowest BCUT2D eigenvalue weighted by atomic mass is 9.86. The van der Waals surface area contributed by atoms with Crippen LogP contribution in [0.5, 0.6) is 11.5 Å². The quantitative estimate of drug-likeness (QED) is 0.334. The second-order valence-corrected chi connectivity index (χ2v) is 8.86. The standard InChI is InChI=1S/C26H31NO5S/c1-7-30-22(29)15-27(20-11-9-8-10-12-20)25(33)26(6)14-13-21-18(4)23(31-19(5)28)16(2)17(3)24(21)32-26/h8-12H,7,13-15H2,1-6H3. The normalized spacial score (nSPS) is 16.9. The molecule has 1 heterocycles. The minimum Gasteiger partial charge on any atom is -0.480 e. The Morgan fingerprint density at radius 3 is 2.39 bits per heavy atom. The highest BCUT2D eigenvalue weighted by molar-refractivity contribution is 7.80. The van der Waals surface area contributed by atoms with E-state index in [2.05, 4.69) is 0 Å². The summed E-state index contributed by atoms with van der Waals surface area (Å²) in [6.07, 6.45) is 1.32. The largest absolute Gasteiger partial charge is 0.480 e. The Hall–Kier alpha value is -2.93. The molecule has 33 heavy (non-hydrogen) atoms. The number of esters is 2. The maximum atomic E-state index is 12.4. The number of carbonyl (C=O) groups excluding carboxylic acids is 2. The predicted octanol–water partition coefficient (Wildman–Crippen LogP) is 5.02. The lowest BCUT2D eigenvalue weighted by Crippen LogP contribution is -2.53. The number of thiocarbonyl (C=S) groups is 1. The molecule has 3 rings (SSSR count). The summed E-state index contributed by atoms with van der Waals surface area (Å²) >= 11 is 5.94. The highest BCUT2D eigenvalue weighted by Gasteiger charge is 2.41. The predicted molar refractivity (Wildman–Crippen MR) is 132 cm³/mol. The molecule has 2 aromatic rings. The van der Waals surface area contributed by atoms with Crippen LogP contribution in [0.3, 0.4) is 0 Å². The molecule has 1 unspecified atom stereocenters. The van der Waals surface area contributed by atoms with E-state index in [4.69, 9.17) is 26.4 Å². The van der Waals surface area contributed by atoms with Gasteiger partial charge >= 0.3 is 11.9 Å². The maximum Gasteiger partial charge on any atom is 0.325 e. The van der Waals surface area contributed by atoms with Gasteiger partial charge in [-0.1, -0.05) is 30.4 Å². The summed E-state index contributed by atoms with van der Waals surface area (Å²) in [5.41, 5.74) is 3.70. The second-order valence-electron chi connectivity index (χ2n) is 8.47. The van der Waals surface area contributed by atoms with Gasteiger partial charge in [0.2, 0.25) is 0 Å². The lowest BCUT2D eigenvalue weighted by molar-refractivity contribution is -0.141. The SMILES string of the molecule is CCOC(=O)CN(C(=S)C1(C)CCc2c(C)c(OC(C)=O)c(C)c(C)c2O1)c1ccccc1. The second kappa shape index (κ2) is 9.91. The fraction of sp³-hybridized carbons (Fsp3) is 0.423. The zero-order valence-electron chi connectivity index (χ0n) is 20.1. The van der Waals surface area contributed by atoms with Crippen molar-refractivity contribution in [3.63, 3.8) is 0 Å². The molecule has 2 aromatic carbocycles. The number of nitrogens with zero attached hydrogens (tertiary/aromatic N) is 1. The average molecular weight is 470 g/mol. The summed E-state index contributed by atoms with van der Waals surface area (Å²) in [5.74, 6) is 0.668. The molecule has 0 fully saturated rings. The van der Waals surface area contributed by atoms with Crippen molar-refractivity contribution in [2.24, 2.45) is 0 Å². The monoisotopic (exact) mass is 469 g/mol.